The molecule has 0 atom stereocenters. The van der Waals surface area contributed by atoms with Gasteiger partial charge in [-0.1, -0.05) is 12.1 Å². The van der Waals surface area contributed by atoms with Crippen LogP contribution in [0.4, 0.5) is 4.39 Å². The Morgan fingerprint density at radius 2 is 2.26 bits per heavy atom. The van der Waals surface area contributed by atoms with E-state index < -0.39 is 6.80 Å². The second-order valence-corrected chi connectivity index (χ2v) is 4.66. The Hall–Kier alpha value is -1.81. The zero-order valence-corrected chi connectivity index (χ0v) is 11.1. The molecule has 0 amide bonds. The van der Waals surface area contributed by atoms with Gasteiger partial charge in [-0.15, -0.1) is 6.58 Å². The van der Waals surface area contributed by atoms with Gasteiger partial charge in [-0.25, -0.2) is 4.39 Å². The van der Waals surface area contributed by atoms with E-state index in [1.165, 1.54) is 0 Å². The first-order valence-electron chi connectivity index (χ1n) is 6.35. The lowest BCUT2D eigenvalue weighted by Gasteiger charge is -2.16. The summed E-state index contributed by atoms with van der Waals surface area (Å²) in [5, 5.41) is 10.8. The summed E-state index contributed by atoms with van der Waals surface area (Å²) in [6.45, 7) is 6.24. The van der Waals surface area contributed by atoms with Crippen LogP contribution in [0, 0.1) is 6.92 Å². The monoisotopic (exact) mass is 262 g/mol. The second kappa shape index (κ2) is 5.89. The highest BCUT2D eigenvalue weighted by Gasteiger charge is 2.13. The number of fused-ring (bicyclic) bond motifs is 1. The number of aryl methyl sites for hydroxylation is 1. The predicted octanol–water partition coefficient (Wildman–Crippen LogP) is 3.14. The smallest absolute Gasteiger partial charge is 0.143 e. The third-order valence-electron chi connectivity index (χ3n) is 3.35. The molecule has 102 valence electrons. The van der Waals surface area contributed by atoms with Crippen molar-refractivity contribution in [3.63, 3.8) is 0 Å². The van der Waals surface area contributed by atoms with Gasteiger partial charge in [-0.3, -0.25) is 4.90 Å². The summed E-state index contributed by atoms with van der Waals surface area (Å²) >= 11 is 0. The van der Waals surface area contributed by atoms with E-state index in [4.69, 9.17) is 0 Å². The van der Waals surface area contributed by atoms with E-state index in [2.05, 4.69) is 11.6 Å². The number of benzene rings is 1. The zero-order valence-electron chi connectivity index (χ0n) is 11.1. The van der Waals surface area contributed by atoms with Crippen molar-refractivity contribution in [2.75, 3.05) is 19.9 Å². The minimum Gasteiger partial charge on any atom is -0.507 e. The molecule has 19 heavy (non-hydrogen) atoms. The lowest BCUT2D eigenvalue weighted by Crippen LogP contribution is -2.25. The number of hydrogen-bond donors (Lipinski definition) is 2. The van der Waals surface area contributed by atoms with Crippen LogP contribution in [-0.4, -0.2) is 34.9 Å². The van der Waals surface area contributed by atoms with E-state index >= 15 is 0 Å². The van der Waals surface area contributed by atoms with Crippen molar-refractivity contribution in [2.24, 2.45) is 0 Å². The standard InChI is InChI=1S/C15H19FN2O/c1-3-8-18(10-16)9-7-12-11(2)17-13-5-4-6-14(19)15(12)13/h3-6,17,19H,1,7-10H2,2H3. The molecule has 0 radical (unpaired) electrons. The molecule has 2 rings (SSSR count). The summed E-state index contributed by atoms with van der Waals surface area (Å²) in [7, 11) is 0. The molecule has 1 aromatic carbocycles. The Kier molecular flexibility index (Phi) is 4.22. The Morgan fingerprint density at radius 3 is 2.95 bits per heavy atom. The third kappa shape index (κ3) is 2.79. The van der Waals surface area contributed by atoms with E-state index in [0.717, 1.165) is 22.2 Å². The Labute approximate surface area is 112 Å². The lowest BCUT2D eigenvalue weighted by molar-refractivity contribution is 0.206. The minimum atomic E-state index is -0.487. The van der Waals surface area contributed by atoms with Crippen molar-refractivity contribution < 1.29 is 9.50 Å². The molecule has 2 aromatic rings. The molecule has 4 heteroatoms. The van der Waals surface area contributed by atoms with Gasteiger partial charge in [0.25, 0.3) is 0 Å². The van der Waals surface area contributed by atoms with Crippen molar-refractivity contribution in [3.05, 3.63) is 42.1 Å². The summed E-state index contributed by atoms with van der Waals surface area (Å²) in [5.41, 5.74) is 2.99. The number of hydrogen-bond acceptors (Lipinski definition) is 2. The number of aromatic nitrogens is 1. The number of aromatic hydroxyl groups is 1. The molecule has 2 N–H and O–H groups in total. The van der Waals surface area contributed by atoms with Crippen LogP contribution in [0.1, 0.15) is 11.3 Å². The number of nitrogens with zero attached hydrogens (tertiary/aromatic N) is 1. The van der Waals surface area contributed by atoms with Crippen molar-refractivity contribution in [2.45, 2.75) is 13.3 Å². The van der Waals surface area contributed by atoms with Gasteiger partial charge in [0, 0.05) is 29.7 Å². The molecule has 0 bridgehead atoms. The van der Waals surface area contributed by atoms with E-state index in [0.29, 0.717) is 19.5 Å². The van der Waals surface area contributed by atoms with Crippen molar-refractivity contribution in [3.8, 4) is 5.75 Å². The fourth-order valence-electron chi connectivity index (χ4n) is 2.39. The van der Waals surface area contributed by atoms with Crippen LogP contribution in [0.3, 0.4) is 0 Å². The number of phenolic OH excluding ortho intramolecular Hbond substituents is 1. The van der Waals surface area contributed by atoms with Gasteiger partial charge in [0.1, 0.15) is 12.5 Å². The molecule has 0 fully saturated rings. The average molecular weight is 262 g/mol. The highest BCUT2D eigenvalue weighted by Crippen LogP contribution is 2.30. The summed E-state index contributed by atoms with van der Waals surface area (Å²) in [5.74, 6) is 0.271. The van der Waals surface area contributed by atoms with Gasteiger partial charge in [0.2, 0.25) is 0 Å². The molecule has 0 saturated heterocycles. The molecule has 0 aliphatic heterocycles. The Morgan fingerprint density at radius 1 is 1.47 bits per heavy atom. The molecule has 3 nitrogen and oxygen atoms in total. The third-order valence-corrected chi connectivity index (χ3v) is 3.35. The number of aromatic amines is 1. The van der Waals surface area contributed by atoms with Crippen molar-refractivity contribution in [1.82, 2.24) is 9.88 Å². The van der Waals surface area contributed by atoms with Gasteiger partial charge in [-0.05, 0) is 31.0 Å². The summed E-state index contributed by atoms with van der Waals surface area (Å²) in [6, 6.07) is 5.42. The first-order valence-corrected chi connectivity index (χ1v) is 6.35. The maximum absolute atomic E-state index is 12.8. The average Bonchev–Trinajstić information content (AvgIpc) is 2.72. The Bertz CT molecular complexity index is 577. The molecular formula is C15H19FN2O. The van der Waals surface area contributed by atoms with E-state index in [1.54, 1.807) is 17.0 Å². The topological polar surface area (TPSA) is 39.3 Å². The first-order chi connectivity index (χ1) is 9.17. The van der Waals surface area contributed by atoms with E-state index in [-0.39, 0.29) is 5.75 Å². The van der Waals surface area contributed by atoms with Crippen LogP contribution in [0.2, 0.25) is 0 Å². The fraction of sp³-hybridized carbons (Fsp3) is 0.333. The Balaban J connectivity index is 2.25. The number of H-pyrrole nitrogens is 1. The first kappa shape index (κ1) is 13.6. The van der Waals surface area contributed by atoms with Gasteiger partial charge in [0.15, 0.2) is 0 Å². The predicted molar refractivity (Wildman–Crippen MR) is 76.1 cm³/mol. The minimum absolute atomic E-state index is 0.271. The number of rotatable bonds is 6. The van der Waals surface area contributed by atoms with Gasteiger partial charge in [0.05, 0.1) is 0 Å². The van der Waals surface area contributed by atoms with Crippen molar-refractivity contribution in [1.29, 1.82) is 0 Å². The quantitative estimate of drug-likeness (QED) is 0.620. The van der Waals surface area contributed by atoms with Crippen molar-refractivity contribution >= 4 is 10.9 Å². The summed E-state index contributed by atoms with van der Waals surface area (Å²) in [4.78, 5) is 4.92. The molecule has 1 heterocycles. The molecule has 0 unspecified atom stereocenters. The highest BCUT2D eigenvalue weighted by molar-refractivity contribution is 5.90. The fourth-order valence-corrected chi connectivity index (χ4v) is 2.39. The number of alkyl halides is 1. The van der Waals surface area contributed by atoms with Crippen LogP contribution in [0.15, 0.2) is 30.9 Å². The molecule has 0 spiro atoms. The molecule has 1 aromatic heterocycles. The normalized spacial score (nSPS) is 11.3. The molecule has 0 aliphatic carbocycles. The van der Waals surface area contributed by atoms with Gasteiger partial charge in [-0.2, -0.15) is 0 Å². The summed E-state index contributed by atoms with van der Waals surface area (Å²) in [6.07, 6.45) is 2.39. The molecule has 0 saturated carbocycles. The van der Waals surface area contributed by atoms with E-state index in [1.807, 2.05) is 19.1 Å². The maximum atomic E-state index is 12.8. The van der Waals surface area contributed by atoms with Crippen LogP contribution in [-0.2, 0) is 6.42 Å². The van der Waals surface area contributed by atoms with Crippen LogP contribution in [0.5, 0.6) is 5.75 Å². The van der Waals surface area contributed by atoms with Crippen LogP contribution < -0.4 is 0 Å². The van der Waals surface area contributed by atoms with Crippen LogP contribution >= 0.6 is 0 Å². The molecule has 0 aliphatic rings. The zero-order chi connectivity index (χ0) is 13.8. The SMILES string of the molecule is C=CCN(CF)CCc1c(C)[nH]c2cccc(O)c12. The van der Waals surface area contributed by atoms with Gasteiger partial charge < -0.3 is 10.1 Å². The second-order valence-electron chi connectivity index (χ2n) is 4.66. The van der Waals surface area contributed by atoms with E-state index in [9.17, 15) is 9.50 Å². The van der Waals surface area contributed by atoms with Gasteiger partial charge >= 0.3 is 0 Å². The largest absolute Gasteiger partial charge is 0.507 e. The number of nitrogens with one attached hydrogen (secondary N) is 1. The molecular weight excluding hydrogens is 243 g/mol. The highest BCUT2D eigenvalue weighted by atomic mass is 19.1. The number of halogens is 1. The summed E-state index contributed by atoms with van der Waals surface area (Å²) < 4.78 is 12.8. The maximum Gasteiger partial charge on any atom is 0.143 e. The van der Waals surface area contributed by atoms with Crippen LogP contribution in [0.25, 0.3) is 10.9 Å². The lowest BCUT2D eigenvalue weighted by atomic mass is 10.1. The number of phenols is 1.